The summed E-state index contributed by atoms with van der Waals surface area (Å²) in [7, 11) is 0. The van der Waals surface area contributed by atoms with E-state index in [1.165, 1.54) is 5.56 Å². The van der Waals surface area contributed by atoms with E-state index in [0.717, 1.165) is 6.42 Å². The van der Waals surface area contributed by atoms with Crippen LogP contribution in [0.25, 0.3) is 0 Å². The van der Waals surface area contributed by atoms with E-state index in [1.54, 1.807) is 32.9 Å². The van der Waals surface area contributed by atoms with Crippen LogP contribution in [0.15, 0.2) is 24.3 Å². The number of benzene rings is 1. The molecule has 0 aliphatic rings. The van der Waals surface area contributed by atoms with Gasteiger partial charge >= 0.3 is 6.16 Å². The lowest BCUT2D eigenvalue weighted by atomic mass is 9.82. The highest BCUT2D eigenvalue weighted by Gasteiger charge is 2.20. The lowest BCUT2D eigenvalue weighted by molar-refractivity contribution is 0.0206. The Morgan fingerprint density at radius 2 is 1.58 bits per heavy atom. The molecule has 0 radical (unpaired) electrons. The van der Waals surface area contributed by atoms with Crippen LogP contribution in [0.1, 0.15) is 53.5 Å². The molecule has 3 nitrogen and oxygen atoms in total. The van der Waals surface area contributed by atoms with Crippen molar-refractivity contribution in [2.75, 3.05) is 0 Å². The number of carbonyl (C=O) groups is 1. The first-order valence-corrected chi connectivity index (χ1v) is 6.65. The fourth-order valence-electron chi connectivity index (χ4n) is 1.55. The summed E-state index contributed by atoms with van der Waals surface area (Å²) >= 11 is 0. The molecular formula is C16H24O3. The standard InChI is InChI=1S/C16H24O3/c1-7-16(5,6)12-8-10-13(11-9-12)18-14(17)19-15(2,3)4/h8-11H,7H2,1-6H3. The summed E-state index contributed by atoms with van der Waals surface area (Å²) in [6.07, 6.45) is 0.384. The van der Waals surface area contributed by atoms with Gasteiger partial charge in [-0.1, -0.05) is 32.9 Å². The highest BCUT2D eigenvalue weighted by atomic mass is 16.7. The van der Waals surface area contributed by atoms with E-state index in [9.17, 15) is 4.79 Å². The number of rotatable bonds is 3. The van der Waals surface area contributed by atoms with Crippen LogP contribution < -0.4 is 4.74 Å². The van der Waals surface area contributed by atoms with Crippen LogP contribution in [0.3, 0.4) is 0 Å². The molecule has 19 heavy (non-hydrogen) atoms. The normalized spacial score (nSPS) is 12.1. The zero-order valence-electron chi connectivity index (χ0n) is 12.7. The summed E-state index contributed by atoms with van der Waals surface area (Å²) in [5, 5.41) is 0. The van der Waals surface area contributed by atoms with Gasteiger partial charge < -0.3 is 9.47 Å². The topological polar surface area (TPSA) is 35.5 Å². The van der Waals surface area contributed by atoms with Gasteiger partial charge in [0.05, 0.1) is 0 Å². The molecule has 0 fully saturated rings. The molecule has 0 amide bonds. The van der Waals surface area contributed by atoms with E-state index >= 15 is 0 Å². The Morgan fingerprint density at radius 3 is 2.00 bits per heavy atom. The Bertz CT molecular complexity index is 424. The van der Waals surface area contributed by atoms with Gasteiger partial charge in [-0.15, -0.1) is 0 Å². The third kappa shape index (κ3) is 4.93. The minimum Gasteiger partial charge on any atom is -0.428 e. The molecule has 0 saturated heterocycles. The molecule has 0 atom stereocenters. The van der Waals surface area contributed by atoms with Crippen LogP contribution in [-0.2, 0) is 10.2 Å². The fourth-order valence-corrected chi connectivity index (χ4v) is 1.55. The average molecular weight is 264 g/mol. The first-order valence-electron chi connectivity index (χ1n) is 6.65. The molecule has 1 aromatic carbocycles. The smallest absolute Gasteiger partial charge is 0.428 e. The fraction of sp³-hybridized carbons (Fsp3) is 0.562. The maximum absolute atomic E-state index is 11.5. The van der Waals surface area contributed by atoms with Crippen molar-refractivity contribution in [2.45, 2.75) is 59.0 Å². The lowest BCUT2D eigenvalue weighted by Gasteiger charge is -2.23. The molecule has 0 unspecified atom stereocenters. The van der Waals surface area contributed by atoms with E-state index in [1.807, 2.05) is 12.1 Å². The minimum absolute atomic E-state index is 0.129. The molecule has 0 bridgehead atoms. The monoisotopic (exact) mass is 264 g/mol. The van der Waals surface area contributed by atoms with Crippen molar-refractivity contribution >= 4 is 6.16 Å². The molecular weight excluding hydrogens is 240 g/mol. The van der Waals surface area contributed by atoms with Crippen LogP contribution in [-0.4, -0.2) is 11.8 Å². The molecule has 0 saturated carbocycles. The average Bonchev–Trinajstić information content (AvgIpc) is 2.27. The first kappa shape index (κ1) is 15.5. The summed E-state index contributed by atoms with van der Waals surface area (Å²) in [5.41, 5.74) is 0.817. The van der Waals surface area contributed by atoms with Crippen LogP contribution >= 0.6 is 0 Å². The van der Waals surface area contributed by atoms with Crippen LogP contribution in [0, 0.1) is 0 Å². The highest BCUT2D eigenvalue weighted by molar-refractivity contribution is 5.64. The summed E-state index contributed by atoms with van der Waals surface area (Å²) in [4.78, 5) is 11.5. The van der Waals surface area contributed by atoms with Gasteiger partial charge in [-0.05, 0) is 50.3 Å². The zero-order valence-corrected chi connectivity index (χ0v) is 12.7. The molecule has 0 aliphatic heterocycles. The van der Waals surface area contributed by atoms with Crippen LogP contribution in [0.2, 0.25) is 0 Å². The van der Waals surface area contributed by atoms with E-state index < -0.39 is 11.8 Å². The second kappa shape index (κ2) is 5.64. The maximum Gasteiger partial charge on any atom is 0.514 e. The van der Waals surface area contributed by atoms with Gasteiger partial charge in [-0.3, -0.25) is 0 Å². The molecule has 0 N–H and O–H groups in total. The van der Waals surface area contributed by atoms with E-state index in [4.69, 9.17) is 9.47 Å². The Hall–Kier alpha value is -1.51. The predicted molar refractivity (Wildman–Crippen MR) is 76.6 cm³/mol. The van der Waals surface area contributed by atoms with Gasteiger partial charge in [0.1, 0.15) is 11.4 Å². The van der Waals surface area contributed by atoms with Crippen molar-refractivity contribution in [3.05, 3.63) is 29.8 Å². The number of carbonyl (C=O) groups excluding carboxylic acids is 1. The Kier molecular flexibility index (Phi) is 4.61. The van der Waals surface area contributed by atoms with Gasteiger partial charge in [0.25, 0.3) is 0 Å². The van der Waals surface area contributed by atoms with Crippen molar-refractivity contribution in [3.8, 4) is 5.75 Å². The molecule has 1 rings (SSSR count). The van der Waals surface area contributed by atoms with Gasteiger partial charge in [-0.2, -0.15) is 0 Å². The van der Waals surface area contributed by atoms with Gasteiger partial charge in [-0.25, -0.2) is 4.79 Å². The number of hydrogen-bond donors (Lipinski definition) is 0. The molecule has 0 aliphatic carbocycles. The van der Waals surface area contributed by atoms with Crippen molar-refractivity contribution < 1.29 is 14.3 Å². The number of ether oxygens (including phenoxy) is 2. The Labute approximate surface area is 115 Å². The van der Waals surface area contributed by atoms with Crippen molar-refractivity contribution in [1.82, 2.24) is 0 Å². The quantitative estimate of drug-likeness (QED) is 0.587. The van der Waals surface area contributed by atoms with E-state index in [2.05, 4.69) is 20.8 Å². The third-order valence-electron chi connectivity index (χ3n) is 3.11. The lowest BCUT2D eigenvalue weighted by Crippen LogP contribution is -2.26. The van der Waals surface area contributed by atoms with Gasteiger partial charge in [0.15, 0.2) is 0 Å². The largest absolute Gasteiger partial charge is 0.514 e. The van der Waals surface area contributed by atoms with Crippen LogP contribution in [0.5, 0.6) is 5.75 Å². The van der Waals surface area contributed by atoms with Crippen LogP contribution in [0.4, 0.5) is 4.79 Å². The molecule has 0 heterocycles. The molecule has 3 heteroatoms. The van der Waals surface area contributed by atoms with Gasteiger partial charge in [0, 0.05) is 0 Å². The molecule has 1 aromatic rings. The summed E-state index contributed by atoms with van der Waals surface area (Å²) < 4.78 is 10.2. The SMILES string of the molecule is CCC(C)(C)c1ccc(OC(=O)OC(C)(C)C)cc1. The van der Waals surface area contributed by atoms with Crippen molar-refractivity contribution in [2.24, 2.45) is 0 Å². The van der Waals surface area contributed by atoms with Crippen molar-refractivity contribution in [1.29, 1.82) is 0 Å². The second-order valence-electron chi connectivity index (χ2n) is 6.33. The predicted octanol–water partition coefficient (Wildman–Crippen LogP) is 4.69. The summed E-state index contributed by atoms with van der Waals surface area (Å²) in [5.74, 6) is 0.505. The van der Waals surface area contributed by atoms with Gasteiger partial charge in [0.2, 0.25) is 0 Å². The molecule has 0 spiro atoms. The maximum atomic E-state index is 11.5. The Balaban J connectivity index is 2.70. The first-order chi connectivity index (χ1) is 8.64. The third-order valence-corrected chi connectivity index (χ3v) is 3.11. The Morgan fingerprint density at radius 1 is 1.05 bits per heavy atom. The minimum atomic E-state index is -0.671. The summed E-state index contributed by atoms with van der Waals surface area (Å²) in [6, 6.07) is 7.58. The molecule has 0 aromatic heterocycles. The second-order valence-corrected chi connectivity index (χ2v) is 6.33. The zero-order chi connectivity index (χ0) is 14.7. The molecule has 106 valence electrons. The van der Waals surface area contributed by atoms with E-state index in [-0.39, 0.29) is 5.41 Å². The highest BCUT2D eigenvalue weighted by Crippen LogP contribution is 2.28. The van der Waals surface area contributed by atoms with E-state index in [0.29, 0.717) is 5.75 Å². The summed E-state index contributed by atoms with van der Waals surface area (Å²) in [6.45, 7) is 12.0. The van der Waals surface area contributed by atoms with Crippen molar-refractivity contribution in [3.63, 3.8) is 0 Å². The number of hydrogen-bond acceptors (Lipinski definition) is 3.